The van der Waals surface area contributed by atoms with E-state index in [4.69, 9.17) is 0 Å². The summed E-state index contributed by atoms with van der Waals surface area (Å²) in [7, 11) is 0. The quantitative estimate of drug-likeness (QED) is 0.568. The summed E-state index contributed by atoms with van der Waals surface area (Å²) < 4.78 is 0. The first kappa shape index (κ1) is 16.0. The summed E-state index contributed by atoms with van der Waals surface area (Å²) in [4.78, 5) is 17.0. The number of aromatic nitrogens is 2. The Bertz CT molecular complexity index is 513. The molecule has 0 aliphatic rings. The van der Waals surface area contributed by atoms with Crippen molar-refractivity contribution in [3.8, 4) is 0 Å². The lowest BCUT2D eigenvalue weighted by atomic mass is 10.4. The molecular weight excluding hydrogens is 274 g/mol. The zero-order valence-electron chi connectivity index (χ0n) is 12.6. The van der Waals surface area contributed by atoms with Gasteiger partial charge in [-0.3, -0.25) is 20.0 Å². The van der Waals surface area contributed by atoms with Crippen LogP contribution in [0.25, 0.3) is 0 Å². The maximum absolute atomic E-state index is 4.35. The minimum Gasteiger partial charge on any atom is -0.315 e. The van der Waals surface area contributed by atoms with Crippen molar-refractivity contribution in [2.45, 2.75) is 6.42 Å². The molecule has 0 fully saturated rings. The number of aliphatic imine (C=N–C) groups is 2. The SMILES string of the molecule is C(=NCCCNCCN=Cc1ccccn1)c1ccccn1. The van der Waals surface area contributed by atoms with Gasteiger partial charge in [0.25, 0.3) is 0 Å². The van der Waals surface area contributed by atoms with E-state index in [1.54, 1.807) is 18.6 Å². The summed E-state index contributed by atoms with van der Waals surface area (Å²) in [6.07, 6.45) is 8.17. The van der Waals surface area contributed by atoms with Crippen LogP contribution in [0, 0.1) is 0 Å². The van der Waals surface area contributed by atoms with Crippen LogP contribution in [0.1, 0.15) is 17.8 Å². The molecule has 2 aromatic heterocycles. The van der Waals surface area contributed by atoms with E-state index in [0.29, 0.717) is 0 Å². The fraction of sp³-hybridized carbons (Fsp3) is 0.294. The summed E-state index contributed by atoms with van der Waals surface area (Å²) in [5.41, 5.74) is 1.80. The van der Waals surface area contributed by atoms with Gasteiger partial charge in [-0.25, -0.2) is 0 Å². The highest BCUT2D eigenvalue weighted by Crippen LogP contribution is 1.89. The molecule has 0 radical (unpaired) electrons. The average molecular weight is 295 g/mol. The third-order valence-electron chi connectivity index (χ3n) is 2.88. The van der Waals surface area contributed by atoms with Gasteiger partial charge in [-0.15, -0.1) is 0 Å². The smallest absolute Gasteiger partial charge is 0.0807 e. The van der Waals surface area contributed by atoms with Gasteiger partial charge in [0.2, 0.25) is 0 Å². The fourth-order valence-corrected chi connectivity index (χ4v) is 1.78. The second-order valence-electron chi connectivity index (χ2n) is 4.68. The predicted octanol–water partition coefficient (Wildman–Crippen LogP) is 1.99. The first-order valence-electron chi connectivity index (χ1n) is 7.47. The van der Waals surface area contributed by atoms with Crippen LogP contribution >= 0.6 is 0 Å². The molecule has 1 N–H and O–H groups in total. The van der Waals surface area contributed by atoms with Gasteiger partial charge in [0.15, 0.2) is 0 Å². The van der Waals surface area contributed by atoms with Gasteiger partial charge >= 0.3 is 0 Å². The summed E-state index contributed by atoms with van der Waals surface area (Å²) in [6.45, 7) is 3.38. The van der Waals surface area contributed by atoms with Crippen molar-refractivity contribution in [3.05, 3.63) is 60.2 Å². The summed E-state index contributed by atoms with van der Waals surface area (Å²) in [6, 6.07) is 11.6. The van der Waals surface area contributed by atoms with Crippen LogP contribution in [0.15, 0.2) is 58.8 Å². The highest BCUT2D eigenvalue weighted by atomic mass is 14.9. The number of pyridine rings is 2. The molecule has 0 saturated carbocycles. The molecule has 0 aromatic carbocycles. The molecule has 0 aliphatic carbocycles. The minimum atomic E-state index is 0.758. The topological polar surface area (TPSA) is 62.5 Å². The van der Waals surface area contributed by atoms with Crippen LogP contribution in [-0.4, -0.2) is 48.6 Å². The number of hydrogen-bond acceptors (Lipinski definition) is 5. The van der Waals surface area contributed by atoms with E-state index in [1.165, 1.54) is 0 Å². The number of hydrogen-bond donors (Lipinski definition) is 1. The summed E-state index contributed by atoms with van der Waals surface area (Å²) in [5, 5.41) is 3.35. The molecule has 0 atom stereocenters. The highest BCUT2D eigenvalue weighted by Gasteiger charge is 1.89. The highest BCUT2D eigenvalue weighted by molar-refractivity contribution is 5.77. The molecule has 5 heteroatoms. The van der Waals surface area contributed by atoms with Crippen molar-refractivity contribution in [2.75, 3.05) is 26.2 Å². The summed E-state index contributed by atoms with van der Waals surface area (Å²) in [5.74, 6) is 0. The molecule has 2 aromatic rings. The van der Waals surface area contributed by atoms with Crippen molar-refractivity contribution in [3.63, 3.8) is 0 Å². The van der Waals surface area contributed by atoms with Crippen molar-refractivity contribution < 1.29 is 0 Å². The largest absolute Gasteiger partial charge is 0.315 e. The Hall–Kier alpha value is -2.40. The molecule has 22 heavy (non-hydrogen) atoms. The standard InChI is InChI=1S/C17H21N5/c1-3-10-21-16(6-1)14-19-9-5-8-18-12-13-20-15-17-7-2-4-11-22-17/h1-4,6-7,10-11,14-15,18H,5,8-9,12-13H2. The van der Waals surface area contributed by atoms with Gasteiger partial charge in [0.1, 0.15) is 0 Å². The van der Waals surface area contributed by atoms with Gasteiger partial charge in [-0.1, -0.05) is 12.1 Å². The van der Waals surface area contributed by atoms with Crippen LogP contribution in [0.2, 0.25) is 0 Å². The first-order chi connectivity index (χ1) is 10.9. The van der Waals surface area contributed by atoms with Gasteiger partial charge < -0.3 is 5.32 Å². The van der Waals surface area contributed by atoms with Crippen molar-refractivity contribution in [2.24, 2.45) is 9.98 Å². The van der Waals surface area contributed by atoms with E-state index in [-0.39, 0.29) is 0 Å². The molecular formula is C17H21N5. The number of rotatable bonds is 9. The Morgan fingerprint density at radius 3 is 2.05 bits per heavy atom. The van der Waals surface area contributed by atoms with Crippen molar-refractivity contribution >= 4 is 12.4 Å². The van der Waals surface area contributed by atoms with Crippen molar-refractivity contribution in [1.82, 2.24) is 15.3 Å². The molecule has 0 aliphatic heterocycles. The lowest BCUT2D eigenvalue weighted by molar-refractivity contribution is 0.661. The Kier molecular flexibility index (Phi) is 7.51. The maximum Gasteiger partial charge on any atom is 0.0807 e. The lowest BCUT2D eigenvalue weighted by Gasteiger charge is -2.00. The van der Waals surface area contributed by atoms with Crippen LogP contribution in [-0.2, 0) is 0 Å². The third-order valence-corrected chi connectivity index (χ3v) is 2.88. The van der Waals surface area contributed by atoms with E-state index in [1.807, 2.05) is 42.6 Å². The molecule has 2 rings (SSSR count). The number of nitrogens with zero attached hydrogens (tertiary/aromatic N) is 4. The molecule has 0 saturated heterocycles. The maximum atomic E-state index is 4.35. The van der Waals surface area contributed by atoms with Crippen LogP contribution in [0.4, 0.5) is 0 Å². The molecule has 0 amide bonds. The molecule has 0 spiro atoms. The minimum absolute atomic E-state index is 0.758. The zero-order chi connectivity index (χ0) is 15.3. The van der Waals surface area contributed by atoms with Crippen LogP contribution < -0.4 is 5.32 Å². The lowest BCUT2D eigenvalue weighted by Crippen LogP contribution is -2.19. The van der Waals surface area contributed by atoms with E-state index < -0.39 is 0 Å². The predicted molar refractivity (Wildman–Crippen MR) is 90.9 cm³/mol. The molecule has 0 unspecified atom stereocenters. The average Bonchev–Trinajstić information content (AvgIpc) is 2.58. The van der Waals surface area contributed by atoms with Crippen LogP contribution in [0.3, 0.4) is 0 Å². The van der Waals surface area contributed by atoms with Crippen molar-refractivity contribution in [1.29, 1.82) is 0 Å². The Morgan fingerprint density at radius 1 is 0.818 bits per heavy atom. The second-order valence-corrected chi connectivity index (χ2v) is 4.68. The molecule has 0 bridgehead atoms. The molecule has 2 heterocycles. The Morgan fingerprint density at radius 2 is 1.45 bits per heavy atom. The van der Waals surface area contributed by atoms with E-state index >= 15 is 0 Å². The van der Waals surface area contributed by atoms with Crippen LogP contribution in [0.5, 0.6) is 0 Å². The normalized spacial score (nSPS) is 11.5. The molecule has 114 valence electrons. The fourth-order valence-electron chi connectivity index (χ4n) is 1.78. The second kappa shape index (κ2) is 10.3. The van der Waals surface area contributed by atoms with Gasteiger partial charge in [0.05, 0.1) is 17.9 Å². The van der Waals surface area contributed by atoms with E-state index in [2.05, 4.69) is 25.3 Å². The third kappa shape index (κ3) is 6.85. The van der Waals surface area contributed by atoms with Gasteiger partial charge in [-0.2, -0.15) is 0 Å². The summed E-state index contributed by atoms with van der Waals surface area (Å²) >= 11 is 0. The zero-order valence-corrected chi connectivity index (χ0v) is 12.6. The number of nitrogens with one attached hydrogen (secondary N) is 1. The Labute approximate surface area is 131 Å². The van der Waals surface area contributed by atoms with E-state index in [0.717, 1.165) is 44.0 Å². The van der Waals surface area contributed by atoms with Gasteiger partial charge in [-0.05, 0) is 37.2 Å². The molecule has 5 nitrogen and oxygen atoms in total. The van der Waals surface area contributed by atoms with E-state index in [9.17, 15) is 0 Å². The first-order valence-corrected chi connectivity index (χ1v) is 7.47. The monoisotopic (exact) mass is 295 g/mol. The Balaban J connectivity index is 1.48. The van der Waals surface area contributed by atoms with Gasteiger partial charge in [0, 0.05) is 37.9 Å².